The van der Waals surface area contributed by atoms with E-state index >= 15 is 0 Å². The van der Waals surface area contributed by atoms with E-state index in [1.165, 1.54) is 5.71 Å². The molecule has 2 saturated carbocycles. The summed E-state index contributed by atoms with van der Waals surface area (Å²) in [6.07, 6.45) is 11.8. The van der Waals surface area contributed by atoms with E-state index in [1.807, 2.05) is 0 Å². The lowest BCUT2D eigenvalue weighted by Gasteiger charge is -2.43. The Hall–Kier alpha value is -1.10. The van der Waals surface area contributed by atoms with Crippen molar-refractivity contribution in [1.82, 2.24) is 0 Å². The van der Waals surface area contributed by atoms with Gasteiger partial charge in [0.05, 0.1) is 0 Å². The molecule has 2 atom stereocenters. The summed E-state index contributed by atoms with van der Waals surface area (Å²) in [4.78, 5) is 5.04. The van der Waals surface area contributed by atoms with E-state index in [9.17, 15) is 0 Å². The van der Waals surface area contributed by atoms with Crippen molar-refractivity contribution in [3.63, 3.8) is 0 Å². The van der Waals surface area contributed by atoms with Crippen LogP contribution in [0.25, 0.3) is 0 Å². The number of rotatable bonds is 2. The first-order chi connectivity index (χ1) is 10.4. The summed E-state index contributed by atoms with van der Waals surface area (Å²) in [6, 6.07) is 0. The van der Waals surface area contributed by atoms with E-state index < -0.39 is 0 Å². The number of terminal acetylenes is 1. The Kier molecular flexibility index (Phi) is 4.57. The maximum atomic E-state index is 8.20. The molecule has 0 spiro atoms. The highest BCUT2D eigenvalue weighted by atomic mass is 14.8. The van der Waals surface area contributed by atoms with E-state index in [2.05, 4.69) is 47.5 Å². The van der Waals surface area contributed by atoms with Crippen LogP contribution < -0.4 is 0 Å². The highest BCUT2D eigenvalue weighted by molar-refractivity contribution is 5.87. The molecule has 2 aliphatic carbocycles. The van der Waals surface area contributed by atoms with Gasteiger partial charge in [0.1, 0.15) is 0 Å². The summed E-state index contributed by atoms with van der Waals surface area (Å²) in [6.45, 7) is 14.5. The van der Waals surface area contributed by atoms with Crippen LogP contribution >= 0.6 is 0 Å². The SMILES string of the molecule is C#CC1(C)CC(=NCC2(C)CC(=N)CC(C)(C)C2)CC(C)(C)C1. The highest BCUT2D eigenvalue weighted by Gasteiger charge is 2.41. The molecule has 0 aromatic heterocycles. The molecular weight excluding hydrogens is 280 g/mol. The van der Waals surface area contributed by atoms with E-state index in [1.54, 1.807) is 0 Å². The van der Waals surface area contributed by atoms with Gasteiger partial charge >= 0.3 is 0 Å². The third kappa shape index (κ3) is 4.69. The van der Waals surface area contributed by atoms with Gasteiger partial charge in [-0.15, -0.1) is 6.42 Å². The molecule has 0 aromatic rings. The minimum Gasteiger partial charge on any atom is -0.310 e. The molecule has 2 fully saturated rings. The minimum absolute atomic E-state index is 0.0555. The van der Waals surface area contributed by atoms with Gasteiger partial charge in [-0.2, -0.15) is 0 Å². The van der Waals surface area contributed by atoms with Crippen LogP contribution in [0, 0.1) is 39.4 Å². The van der Waals surface area contributed by atoms with Crippen molar-refractivity contribution in [3.8, 4) is 12.3 Å². The molecule has 128 valence electrons. The lowest BCUT2D eigenvalue weighted by Crippen LogP contribution is -2.39. The second kappa shape index (κ2) is 5.76. The standard InChI is InChI=1S/C21H34N2/c1-8-20(6)12-17(11-19(4,5)13-20)23-15-21(7)10-16(22)9-18(2,3)14-21/h1,22H,9-15H2,2-7H3. The molecule has 2 rings (SSSR count). The van der Waals surface area contributed by atoms with Crippen LogP contribution in [0.3, 0.4) is 0 Å². The van der Waals surface area contributed by atoms with Gasteiger partial charge in [0.25, 0.3) is 0 Å². The Bertz CT molecular complexity index is 561. The summed E-state index contributed by atoms with van der Waals surface area (Å²) >= 11 is 0. The van der Waals surface area contributed by atoms with Crippen LogP contribution in [0.15, 0.2) is 4.99 Å². The predicted octanol–water partition coefficient (Wildman–Crippen LogP) is 5.51. The van der Waals surface area contributed by atoms with Crippen molar-refractivity contribution in [3.05, 3.63) is 0 Å². The Morgan fingerprint density at radius 3 is 2.13 bits per heavy atom. The number of hydrogen-bond acceptors (Lipinski definition) is 2. The van der Waals surface area contributed by atoms with Gasteiger partial charge in [-0.25, -0.2) is 0 Å². The van der Waals surface area contributed by atoms with Crippen LogP contribution in [-0.4, -0.2) is 18.0 Å². The van der Waals surface area contributed by atoms with Crippen molar-refractivity contribution < 1.29 is 0 Å². The average molecular weight is 315 g/mol. The topological polar surface area (TPSA) is 36.2 Å². The second-order valence-corrected chi connectivity index (χ2v) is 10.4. The third-order valence-corrected chi connectivity index (χ3v) is 5.42. The van der Waals surface area contributed by atoms with E-state index in [0.717, 1.165) is 50.8 Å². The number of nitrogens with one attached hydrogen (secondary N) is 1. The molecule has 0 aliphatic heterocycles. The molecule has 23 heavy (non-hydrogen) atoms. The fourth-order valence-electron chi connectivity index (χ4n) is 5.31. The van der Waals surface area contributed by atoms with Crippen molar-refractivity contribution in [2.45, 2.75) is 80.1 Å². The van der Waals surface area contributed by atoms with Crippen molar-refractivity contribution in [1.29, 1.82) is 5.41 Å². The van der Waals surface area contributed by atoms with Gasteiger partial charge in [-0.3, -0.25) is 4.99 Å². The normalized spacial score (nSPS) is 38.3. The van der Waals surface area contributed by atoms with Gasteiger partial charge in [0, 0.05) is 29.8 Å². The molecule has 2 heteroatoms. The summed E-state index contributed by atoms with van der Waals surface area (Å²) in [5, 5.41) is 8.20. The predicted molar refractivity (Wildman–Crippen MR) is 100 cm³/mol. The van der Waals surface area contributed by atoms with Crippen molar-refractivity contribution in [2.75, 3.05) is 6.54 Å². The second-order valence-electron chi connectivity index (χ2n) is 10.4. The van der Waals surface area contributed by atoms with Crippen molar-refractivity contribution in [2.24, 2.45) is 26.7 Å². The van der Waals surface area contributed by atoms with Gasteiger partial charge in [0.15, 0.2) is 0 Å². The zero-order valence-corrected chi connectivity index (χ0v) is 16.0. The first kappa shape index (κ1) is 18.2. The zero-order chi connectivity index (χ0) is 17.5. The Balaban J connectivity index is 2.15. The lowest BCUT2D eigenvalue weighted by atomic mass is 9.63. The molecule has 0 saturated heterocycles. The van der Waals surface area contributed by atoms with Gasteiger partial charge < -0.3 is 5.41 Å². The summed E-state index contributed by atoms with van der Waals surface area (Å²) in [7, 11) is 0. The molecule has 2 aliphatic rings. The van der Waals surface area contributed by atoms with Crippen LogP contribution in [-0.2, 0) is 0 Å². The maximum Gasteiger partial charge on any atom is 0.0446 e. The Morgan fingerprint density at radius 1 is 0.957 bits per heavy atom. The Morgan fingerprint density at radius 2 is 1.57 bits per heavy atom. The van der Waals surface area contributed by atoms with Crippen LogP contribution in [0.2, 0.25) is 0 Å². The number of hydrogen-bond donors (Lipinski definition) is 1. The third-order valence-electron chi connectivity index (χ3n) is 5.42. The largest absolute Gasteiger partial charge is 0.310 e. The van der Waals surface area contributed by atoms with Crippen LogP contribution in [0.1, 0.15) is 80.1 Å². The first-order valence-corrected chi connectivity index (χ1v) is 8.92. The highest BCUT2D eigenvalue weighted by Crippen LogP contribution is 2.47. The first-order valence-electron chi connectivity index (χ1n) is 8.92. The fourth-order valence-corrected chi connectivity index (χ4v) is 5.31. The molecular formula is C21H34N2. The molecule has 0 bridgehead atoms. The van der Waals surface area contributed by atoms with Gasteiger partial charge in [-0.05, 0) is 55.3 Å². The maximum absolute atomic E-state index is 8.20. The van der Waals surface area contributed by atoms with E-state index in [4.69, 9.17) is 16.8 Å². The molecule has 1 N–H and O–H groups in total. The summed E-state index contributed by atoms with van der Waals surface area (Å²) < 4.78 is 0. The molecule has 0 heterocycles. The summed E-state index contributed by atoms with van der Waals surface area (Å²) in [5.74, 6) is 3.02. The number of nitrogens with zero attached hydrogens (tertiary/aromatic N) is 1. The van der Waals surface area contributed by atoms with E-state index in [-0.39, 0.29) is 21.7 Å². The zero-order valence-electron chi connectivity index (χ0n) is 16.0. The molecule has 2 nitrogen and oxygen atoms in total. The van der Waals surface area contributed by atoms with Crippen LogP contribution in [0.5, 0.6) is 0 Å². The molecule has 0 radical (unpaired) electrons. The van der Waals surface area contributed by atoms with Gasteiger partial charge in [0.2, 0.25) is 0 Å². The van der Waals surface area contributed by atoms with E-state index in [0.29, 0.717) is 0 Å². The number of aliphatic imine (C=N–C) groups is 1. The quantitative estimate of drug-likeness (QED) is 0.652. The Labute approximate surface area is 143 Å². The minimum atomic E-state index is -0.0555. The molecule has 0 aromatic carbocycles. The van der Waals surface area contributed by atoms with Gasteiger partial charge in [-0.1, -0.05) is 40.5 Å². The van der Waals surface area contributed by atoms with Crippen molar-refractivity contribution >= 4 is 11.4 Å². The smallest absolute Gasteiger partial charge is 0.0446 e. The average Bonchev–Trinajstić information content (AvgIpc) is 2.31. The lowest BCUT2D eigenvalue weighted by molar-refractivity contribution is 0.169. The molecule has 0 amide bonds. The molecule has 2 unspecified atom stereocenters. The fraction of sp³-hybridized carbons (Fsp3) is 0.810. The monoisotopic (exact) mass is 314 g/mol. The van der Waals surface area contributed by atoms with Crippen LogP contribution in [0.4, 0.5) is 0 Å². The summed E-state index contributed by atoms with van der Waals surface area (Å²) in [5.41, 5.74) is 2.71.